The van der Waals surface area contributed by atoms with Gasteiger partial charge in [-0.1, -0.05) is 30.3 Å². The van der Waals surface area contributed by atoms with Crippen LogP contribution in [0.1, 0.15) is 24.4 Å². The number of carbonyl (C=O) groups excluding carboxylic acids is 1. The fourth-order valence-electron chi connectivity index (χ4n) is 2.68. The quantitative estimate of drug-likeness (QED) is 0.921. The number of rotatable bonds is 3. The van der Waals surface area contributed by atoms with Crippen LogP contribution in [0.2, 0.25) is 0 Å². The molecule has 1 aromatic carbocycles. The van der Waals surface area contributed by atoms with Crippen LogP contribution in [-0.2, 0) is 4.79 Å². The molecular weight excluding hydrogens is 309 g/mol. The van der Waals surface area contributed by atoms with Crippen molar-refractivity contribution in [3.8, 4) is 0 Å². The molecule has 0 bridgehead atoms. The van der Waals surface area contributed by atoms with Crippen LogP contribution >= 0.6 is 24.8 Å². The van der Waals surface area contributed by atoms with Crippen molar-refractivity contribution in [3.05, 3.63) is 35.9 Å². The van der Waals surface area contributed by atoms with Gasteiger partial charge < -0.3 is 10.6 Å². The van der Waals surface area contributed by atoms with Crippen LogP contribution in [0, 0.1) is 0 Å². The average molecular weight is 334 g/mol. The normalized spacial score (nSPS) is 19.4. The van der Waals surface area contributed by atoms with Crippen LogP contribution in [0.15, 0.2) is 30.3 Å². The summed E-state index contributed by atoms with van der Waals surface area (Å²) in [6.45, 7) is 1.50. The molecule has 1 aliphatic heterocycles. The summed E-state index contributed by atoms with van der Waals surface area (Å²) in [6.07, 6.45) is 2.02. The van der Waals surface area contributed by atoms with E-state index in [1.54, 1.807) is 0 Å². The molecule has 1 amide bonds. The Labute approximate surface area is 139 Å². The number of piperidine rings is 1. The number of nitrogens with zero attached hydrogens (tertiary/aromatic N) is 2. The monoisotopic (exact) mass is 333 g/mol. The number of hydrogen-bond donors (Lipinski definition) is 1. The zero-order valence-corrected chi connectivity index (χ0v) is 14.2. The molecule has 1 heterocycles. The number of halogens is 2. The Morgan fingerprint density at radius 2 is 1.90 bits per heavy atom. The van der Waals surface area contributed by atoms with Gasteiger partial charge >= 0.3 is 0 Å². The van der Waals surface area contributed by atoms with Crippen LogP contribution in [0.4, 0.5) is 0 Å². The third-order valence-electron chi connectivity index (χ3n) is 3.64. The van der Waals surface area contributed by atoms with Crippen molar-refractivity contribution in [3.63, 3.8) is 0 Å². The minimum absolute atomic E-state index is 0. The third kappa shape index (κ3) is 5.15. The fourth-order valence-corrected chi connectivity index (χ4v) is 2.68. The van der Waals surface area contributed by atoms with Crippen LogP contribution in [-0.4, -0.2) is 48.9 Å². The Balaban J connectivity index is 0.00000200. The van der Waals surface area contributed by atoms with Gasteiger partial charge in [-0.3, -0.25) is 9.69 Å². The Morgan fingerprint density at radius 1 is 1.29 bits per heavy atom. The highest BCUT2D eigenvalue weighted by molar-refractivity contribution is 5.85. The van der Waals surface area contributed by atoms with Crippen molar-refractivity contribution < 1.29 is 4.79 Å². The second-order valence-electron chi connectivity index (χ2n) is 5.46. The molecule has 0 radical (unpaired) electrons. The number of amides is 1. The molecule has 6 heteroatoms. The highest BCUT2D eigenvalue weighted by Gasteiger charge is 2.30. The van der Waals surface area contributed by atoms with Gasteiger partial charge in [-0.2, -0.15) is 0 Å². The molecule has 0 aromatic heterocycles. The van der Waals surface area contributed by atoms with E-state index in [0.717, 1.165) is 24.9 Å². The van der Waals surface area contributed by atoms with Crippen LogP contribution in [0.3, 0.4) is 0 Å². The minimum atomic E-state index is -0.216. The van der Waals surface area contributed by atoms with Gasteiger partial charge in [-0.15, -0.1) is 24.8 Å². The summed E-state index contributed by atoms with van der Waals surface area (Å²) in [5.74, 6) is 0.159. The maximum atomic E-state index is 12.7. The van der Waals surface area contributed by atoms with Gasteiger partial charge in [-0.25, -0.2) is 0 Å². The van der Waals surface area contributed by atoms with E-state index in [0.29, 0.717) is 6.54 Å². The zero-order chi connectivity index (χ0) is 13.8. The molecule has 120 valence electrons. The molecule has 21 heavy (non-hydrogen) atoms. The van der Waals surface area contributed by atoms with Crippen molar-refractivity contribution in [1.29, 1.82) is 0 Å². The molecule has 4 nitrogen and oxygen atoms in total. The summed E-state index contributed by atoms with van der Waals surface area (Å²) in [6, 6.07) is 9.83. The third-order valence-corrected chi connectivity index (χ3v) is 3.64. The number of likely N-dealkylation sites (tertiary alicyclic amines) is 1. The molecule has 0 spiro atoms. The van der Waals surface area contributed by atoms with Gasteiger partial charge in [0.05, 0.1) is 0 Å². The summed E-state index contributed by atoms with van der Waals surface area (Å²) >= 11 is 0. The maximum absolute atomic E-state index is 12.7. The SMILES string of the molecule is CN(C)C(C(=O)N1CCCC(N)C1)c1ccccc1.Cl.Cl. The highest BCUT2D eigenvalue weighted by Crippen LogP contribution is 2.22. The maximum Gasteiger partial charge on any atom is 0.244 e. The summed E-state index contributed by atoms with van der Waals surface area (Å²) < 4.78 is 0. The Morgan fingerprint density at radius 3 is 2.43 bits per heavy atom. The van der Waals surface area contributed by atoms with Crippen LogP contribution < -0.4 is 5.73 Å². The topological polar surface area (TPSA) is 49.6 Å². The van der Waals surface area contributed by atoms with Crippen molar-refractivity contribution >= 4 is 30.7 Å². The number of nitrogens with two attached hydrogens (primary N) is 1. The van der Waals surface area contributed by atoms with Gasteiger partial charge in [0.15, 0.2) is 0 Å². The molecule has 1 aromatic rings. The zero-order valence-electron chi connectivity index (χ0n) is 12.6. The van der Waals surface area contributed by atoms with E-state index in [-0.39, 0.29) is 42.8 Å². The van der Waals surface area contributed by atoms with E-state index in [2.05, 4.69) is 0 Å². The first-order valence-electron chi connectivity index (χ1n) is 6.85. The fraction of sp³-hybridized carbons (Fsp3) is 0.533. The first-order chi connectivity index (χ1) is 9.09. The van der Waals surface area contributed by atoms with Crippen molar-refractivity contribution in [2.45, 2.75) is 24.9 Å². The minimum Gasteiger partial charge on any atom is -0.339 e. The molecule has 2 rings (SSSR count). The molecule has 1 saturated heterocycles. The largest absolute Gasteiger partial charge is 0.339 e. The van der Waals surface area contributed by atoms with Gasteiger partial charge in [0.2, 0.25) is 5.91 Å². The van der Waals surface area contributed by atoms with E-state index < -0.39 is 0 Å². The number of hydrogen-bond acceptors (Lipinski definition) is 3. The van der Waals surface area contributed by atoms with Gasteiger partial charge in [0, 0.05) is 19.1 Å². The van der Waals surface area contributed by atoms with E-state index >= 15 is 0 Å². The lowest BCUT2D eigenvalue weighted by molar-refractivity contribution is -0.137. The lowest BCUT2D eigenvalue weighted by Crippen LogP contribution is -2.49. The lowest BCUT2D eigenvalue weighted by atomic mass is 10.0. The molecule has 1 aliphatic rings. The molecule has 2 unspecified atom stereocenters. The number of carbonyl (C=O) groups is 1. The Kier molecular flexibility index (Phi) is 8.90. The molecule has 0 saturated carbocycles. The van der Waals surface area contributed by atoms with Gasteiger partial charge in [0.25, 0.3) is 0 Å². The lowest BCUT2D eigenvalue weighted by Gasteiger charge is -2.35. The van der Waals surface area contributed by atoms with E-state index in [9.17, 15) is 4.79 Å². The predicted molar refractivity (Wildman–Crippen MR) is 91.2 cm³/mol. The standard InChI is InChI=1S/C15H23N3O.2ClH/c1-17(2)14(12-7-4-3-5-8-12)15(19)18-10-6-9-13(16)11-18;;/h3-5,7-8,13-14H,6,9-11,16H2,1-2H3;2*1H. The van der Waals surface area contributed by atoms with Gasteiger partial charge in [0.1, 0.15) is 6.04 Å². The second kappa shape index (κ2) is 9.26. The Hall–Kier alpha value is -0.810. The van der Waals surface area contributed by atoms with Crippen LogP contribution in [0.5, 0.6) is 0 Å². The number of likely N-dealkylation sites (N-methyl/N-ethyl adjacent to an activating group) is 1. The van der Waals surface area contributed by atoms with Gasteiger partial charge in [-0.05, 0) is 32.5 Å². The van der Waals surface area contributed by atoms with Crippen LogP contribution in [0.25, 0.3) is 0 Å². The van der Waals surface area contributed by atoms with E-state index in [1.165, 1.54) is 0 Å². The first kappa shape index (κ1) is 20.2. The summed E-state index contributed by atoms with van der Waals surface area (Å²) in [7, 11) is 3.89. The molecular formula is C15H25Cl2N3O. The van der Waals surface area contributed by atoms with E-state index in [1.807, 2.05) is 54.2 Å². The molecule has 2 atom stereocenters. The summed E-state index contributed by atoms with van der Waals surface area (Å²) in [5, 5.41) is 0. The highest BCUT2D eigenvalue weighted by atomic mass is 35.5. The smallest absolute Gasteiger partial charge is 0.244 e. The predicted octanol–water partition coefficient (Wildman–Crippen LogP) is 2.08. The molecule has 1 fully saturated rings. The second-order valence-corrected chi connectivity index (χ2v) is 5.46. The molecule has 0 aliphatic carbocycles. The first-order valence-corrected chi connectivity index (χ1v) is 6.85. The van der Waals surface area contributed by atoms with E-state index in [4.69, 9.17) is 5.73 Å². The summed E-state index contributed by atoms with van der Waals surface area (Å²) in [4.78, 5) is 16.6. The molecule has 2 N–H and O–H groups in total. The Bertz CT molecular complexity index is 428. The number of benzene rings is 1. The van der Waals surface area contributed by atoms with Crippen molar-refractivity contribution in [2.24, 2.45) is 5.73 Å². The average Bonchev–Trinajstić information content (AvgIpc) is 2.39. The summed E-state index contributed by atoms with van der Waals surface area (Å²) in [5.41, 5.74) is 7.01. The van der Waals surface area contributed by atoms with Crippen molar-refractivity contribution in [1.82, 2.24) is 9.80 Å². The van der Waals surface area contributed by atoms with Crippen molar-refractivity contribution in [2.75, 3.05) is 27.2 Å².